The Morgan fingerprint density at radius 3 is 1.49 bits per heavy atom. The number of hydrogen-bond acceptors (Lipinski definition) is 10. The predicted octanol–water partition coefficient (Wildman–Crippen LogP) is -0.549. The molecule has 0 bridgehead atoms. The molecule has 0 saturated heterocycles. The van der Waals surface area contributed by atoms with Crippen molar-refractivity contribution in [1.82, 2.24) is 9.80 Å². The maximum absolute atomic E-state index is 12.1. The van der Waals surface area contributed by atoms with E-state index in [2.05, 4.69) is 119 Å². The summed E-state index contributed by atoms with van der Waals surface area (Å²) in [4.78, 5) is 36.5. The molecule has 2 heterocycles. The summed E-state index contributed by atoms with van der Waals surface area (Å²) >= 11 is 0. The van der Waals surface area contributed by atoms with Crippen LogP contribution in [0.15, 0.2) is 109 Å². The largest absolute Gasteiger partial charge is 0.495 e. The Labute approximate surface area is 487 Å². The Hall–Kier alpha value is -6.04. The van der Waals surface area contributed by atoms with Gasteiger partial charge in [0.1, 0.15) is 36.2 Å². The van der Waals surface area contributed by atoms with Crippen LogP contribution in [-0.4, -0.2) is 192 Å². The summed E-state index contributed by atoms with van der Waals surface area (Å²) in [6.45, 7) is 18.8. The number of likely N-dealkylation sites (N-methyl/N-ethyl adjacent to an activating group) is 2. The third-order valence-electron chi connectivity index (χ3n) is 13.4. The molecule has 78 heavy (non-hydrogen) atoms. The van der Waals surface area contributed by atoms with E-state index in [1.54, 1.807) is 14.2 Å². The number of benzene rings is 6. The van der Waals surface area contributed by atoms with E-state index in [-0.39, 0.29) is 11.8 Å². The van der Waals surface area contributed by atoms with Crippen LogP contribution in [0.5, 0.6) is 23.0 Å². The number of methoxy groups -OCH3 is 2. The van der Waals surface area contributed by atoms with Crippen molar-refractivity contribution in [1.29, 1.82) is 0 Å². The maximum atomic E-state index is 12.1. The van der Waals surface area contributed by atoms with E-state index in [0.29, 0.717) is 0 Å². The smallest absolute Gasteiger partial charge is 0.254 e. The lowest BCUT2D eigenvalue weighted by molar-refractivity contribution is 0.0764. The second kappa shape index (κ2) is 33.4. The standard InChI is InChI=1S/2C12H19NOSi.2C9H13NOSi.2C9H15NOSi/c1-4-13(5-2)12(14)11-7-6-10(15)8-9(11)3;1-4-13(5-2)12(14)11-8-10(15)7-6-9(11)3;1-10-4-5-11-9-3-2-7(12)6-8(9)10;1-10-4-5-11-9-6-7(12)2-3-8(9)10;1-10(2)8-6-7(12)4-5-9(8)11-3;1-10(2)8-5-4-7(12)6-9(8)11-3/h2*6-8H,4-5H2,1-3,15H3;2*2-3,6H,4-5H2,1,12H3;2*4-6H,1-3,12H3. The SMILES string of the molecule is CCN(CC)C(=O)c1cc([SiH3])ccc1C.CCN(CC)C(=O)c1ccc([SiH3])cc1C.CN1CCOc2cc([SiH3])ccc21.CN1CCOc2ccc([SiH3])cc21.COc1cc([SiH3])ccc1N(C)C.COc1ccc([SiH3])cc1N(C)C. The molecule has 0 fully saturated rings. The topological polar surface area (TPSA) is 90.5 Å². The van der Waals surface area contributed by atoms with Gasteiger partial charge in [-0.05, 0) is 107 Å². The first-order chi connectivity index (χ1) is 37.0. The van der Waals surface area contributed by atoms with Gasteiger partial charge in [0.2, 0.25) is 0 Å². The quantitative estimate of drug-likeness (QED) is 0.167. The van der Waals surface area contributed by atoms with Crippen molar-refractivity contribution in [3.8, 4) is 23.0 Å². The predicted molar refractivity (Wildman–Crippen MR) is 359 cm³/mol. The number of rotatable bonds is 10. The number of ether oxygens (including phenoxy) is 4. The summed E-state index contributed by atoms with van der Waals surface area (Å²) in [5, 5.41) is 8.17. The van der Waals surface area contributed by atoms with Crippen LogP contribution in [0.4, 0.5) is 22.7 Å². The van der Waals surface area contributed by atoms with Crippen molar-refractivity contribution < 1.29 is 28.5 Å². The summed E-state index contributed by atoms with van der Waals surface area (Å²) < 4.78 is 21.6. The highest BCUT2D eigenvalue weighted by Gasteiger charge is 2.17. The molecular formula is C60H94N6O6Si6. The van der Waals surface area contributed by atoms with Gasteiger partial charge in [-0.25, -0.2) is 0 Å². The summed E-state index contributed by atoms with van der Waals surface area (Å²) in [7, 11) is 22.1. The molecule has 2 amide bonds. The molecule has 2 aliphatic heterocycles. The lowest BCUT2D eigenvalue weighted by Gasteiger charge is -2.27. The van der Waals surface area contributed by atoms with Crippen molar-refractivity contribution >= 4 is 127 Å². The molecular weight excluding hydrogens is 1070 g/mol. The van der Waals surface area contributed by atoms with Crippen LogP contribution in [0, 0.1) is 13.8 Å². The zero-order chi connectivity index (χ0) is 58.2. The zero-order valence-corrected chi connectivity index (χ0v) is 63.2. The van der Waals surface area contributed by atoms with Crippen LogP contribution in [-0.2, 0) is 0 Å². The fraction of sp³-hybridized carbons (Fsp3) is 0.367. The van der Waals surface area contributed by atoms with Crippen LogP contribution in [0.1, 0.15) is 59.5 Å². The third kappa shape index (κ3) is 20.3. The van der Waals surface area contributed by atoms with Crippen molar-refractivity contribution in [3.05, 3.63) is 131 Å². The Bertz CT molecular complexity index is 2770. The first-order valence-corrected chi connectivity index (χ1v) is 33.3. The average Bonchev–Trinajstić information content (AvgIpc) is 3.42. The number of fused-ring (bicyclic) bond motifs is 2. The van der Waals surface area contributed by atoms with E-state index in [1.807, 2.05) is 104 Å². The summed E-state index contributed by atoms with van der Waals surface area (Å²) in [6, 6.07) is 37.9. The highest BCUT2D eigenvalue weighted by molar-refractivity contribution is 6.34. The molecule has 0 N–H and O–H groups in total. The van der Waals surface area contributed by atoms with E-state index in [4.69, 9.17) is 18.9 Å². The average molecular weight is 1160 g/mol. The van der Waals surface area contributed by atoms with E-state index in [1.165, 1.54) is 42.5 Å². The van der Waals surface area contributed by atoms with Gasteiger partial charge in [-0.2, -0.15) is 0 Å². The number of carbonyl (C=O) groups is 2. The monoisotopic (exact) mass is 1160 g/mol. The van der Waals surface area contributed by atoms with Crippen LogP contribution >= 0.6 is 0 Å². The lowest BCUT2D eigenvalue weighted by Crippen LogP contribution is -2.31. The molecule has 0 aliphatic carbocycles. The fourth-order valence-corrected chi connectivity index (χ4v) is 11.4. The van der Waals surface area contributed by atoms with Crippen molar-refractivity contribution in [2.75, 3.05) is 129 Å². The van der Waals surface area contributed by atoms with Gasteiger partial charge in [0.05, 0.1) is 50.1 Å². The molecule has 0 unspecified atom stereocenters. The van der Waals surface area contributed by atoms with Gasteiger partial charge in [-0.3, -0.25) is 9.59 Å². The van der Waals surface area contributed by atoms with Gasteiger partial charge in [0.15, 0.2) is 0 Å². The lowest BCUT2D eigenvalue weighted by atomic mass is 10.1. The summed E-state index contributed by atoms with van der Waals surface area (Å²) in [5.74, 6) is 4.31. The van der Waals surface area contributed by atoms with Crippen LogP contribution in [0.2, 0.25) is 0 Å². The third-order valence-corrected chi connectivity index (χ3v) is 17.1. The molecule has 12 nitrogen and oxygen atoms in total. The van der Waals surface area contributed by atoms with E-state index >= 15 is 0 Å². The first kappa shape index (κ1) is 66.2. The number of amides is 2. The first-order valence-electron chi connectivity index (χ1n) is 27.3. The van der Waals surface area contributed by atoms with Gasteiger partial charge in [-0.15, -0.1) is 0 Å². The van der Waals surface area contributed by atoms with E-state index < -0.39 is 0 Å². The molecule has 8 rings (SSSR count). The second-order valence-electron chi connectivity index (χ2n) is 20.2. The molecule has 0 radical (unpaired) electrons. The van der Waals surface area contributed by atoms with Crippen molar-refractivity contribution in [3.63, 3.8) is 0 Å². The molecule has 0 aromatic heterocycles. The Morgan fingerprint density at radius 1 is 0.474 bits per heavy atom. The number of nitrogens with zero attached hydrogens (tertiary/aromatic N) is 6. The minimum Gasteiger partial charge on any atom is -0.495 e. The maximum Gasteiger partial charge on any atom is 0.254 e. The summed E-state index contributed by atoms with van der Waals surface area (Å²) in [6.07, 6.45) is 0. The van der Waals surface area contributed by atoms with Gasteiger partial charge >= 0.3 is 0 Å². The Balaban J connectivity index is 0.000000247. The Morgan fingerprint density at radius 2 is 0.923 bits per heavy atom. The molecule has 18 heteroatoms. The molecule has 6 aromatic carbocycles. The van der Waals surface area contributed by atoms with Gasteiger partial charge in [0, 0.05) is 141 Å². The minimum atomic E-state index is 0.152. The molecule has 0 atom stereocenters. The molecule has 0 spiro atoms. The Kier molecular flexibility index (Phi) is 28.4. The van der Waals surface area contributed by atoms with E-state index in [9.17, 15) is 9.59 Å². The minimum absolute atomic E-state index is 0.152. The van der Waals surface area contributed by atoms with Gasteiger partial charge in [0.25, 0.3) is 11.8 Å². The second-order valence-corrected chi connectivity index (χ2v) is 27.1. The van der Waals surface area contributed by atoms with Crippen molar-refractivity contribution in [2.24, 2.45) is 0 Å². The molecule has 2 aliphatic rings. The van der Waals surface area contributed by atoms with Crippen LogP contribution in [0.3, 0.4) is 0 Å². The molecule has 6 aromatic rings. The van der Waals surface area contributed by atoms with Crippen molar-refractivity contribution in [2.45, 2.75) is 41.5 Å². The van der Waals surface area contributed by atoms with Gasteiger partial charge < -0.3 is 48.3 Å². The van der Waals surface area contributed by atoms with Gasteiger partial charge in [-0.1, -0.05) is 85.7 Å². The fourth-order valence-electron chi connectivity index (χ4n) is 8.61. The van der Waals surface area contributed by atoms with E-state index in [0.717, 1.165) is 171 Å². The number of hydrogen-bond donors (Lipinski definition) is 0. The zero-order valence-electron chi connectivity index (χ0n) is 51.2. The summed E-state index contributed by atoms with van der Waals surface area (Å²) in [5.41, 5.74) is 8.65. The highest BCUT2D eigenvalue weighted by atomic mass is 28.2. The molecule has 424 valence electrons. The normalized spacial score (nSPS) is 11.8. The number of aryl methyl sites for hydroxylation is 2. The highest BCUT2D eigenvalue weighted by Crippen LogP contribution is 2.30. The number of anilines is 4. The van der Waals surface area contributed by atoms with Crippen LogP contribution < -0.4 is 69.7 Å². The molecule has 0 saturated carbocycles. The van der Waals surface area contributed by atoms with Crippen LogP contribution in [0.25, 0.3) is 0 Å². The number of carbonyl (C=O) groups excluding carboxylic acids is 2.